The summed E-state index contributed by atoms with van der Waals surface area (Å²) in [6, 6.07) is 5.45. The second kappa shape index (κ2) is 5.50. The highest BCUT2D eigenvalue weighted by atomic mass is 16.5. The van der Waals surface area contributed by atoms with Crippen LogP contribution in [-0.4, -0.2) is 31.0 Å². The van der Waals surface area contributed by atoms with Crippen LogP contribution in [0.1, 0.15) is 5.89 Å². The summed E-state index contributed by atoms with van der Waals surface area (Å²) in [5.41, 5.74) is 6.09. The summed E-state index contributed by atoms with van der Waals surface area (Å²) in [6.45, 7) is 0.463. The molecule has 0 bridgehead atoms. The summed E-state index contributed by atoms with van der Waals surface area (Å²) >= 11 is 0. The first-order chi connectivity index (χ1) is 8.80. The largest absolute Gasteiger partial charge is 0.496 e. The Morgan fingerprint density at radius 1 is 1.17 bits per heavy atom. The molecule has 0 aliphatic carbocycles. The Labute approximate surface area is 105 Å². The Morgan fingerprint density at radius 3 is 2.39 bits per heavy atom. The van der Waals surface area contributed by atoms with Gasteiger partial charge in [-0.3, -0.25) is 0 Å². The summed E-state index contributed by atoms with van der Waals surface area (Å²) < 4.78 is 16.1. The fraction of sp³-hybridized carbons (Fsp3) is 0.333. The molecule has 0 aliphatic rings. The highest BCUT2D eigenvalue weighted by Crippen LogP contribution is 2.37. The maximum absolute atomic E-state index is 5.53. The number of methoxy groups -OCH3 is 2. The fourth-order valence-corrected chi connectivity index (χ4v) is 1.64. The minimum atomic E-state index is 0.368. The van der Waals surface area contributed by atoms with Crippen molar-refractivity contribution in [2.45, 2.75) is 6.42 Å². The zero-order valence-electron chi connectivity index (χ0n) is 10.3. The quantitative estimate of drug-likeness (QED) is 0.858. The van der Waals surface area contributed by atoms with Crippen molar-refractivity contribution < 1.29 is 13.9 Å². The minimum absolute atomic E-state index is 0.368. The van der Waals surface area contributed by atoms with Crippen molar-refractivity contribution >= 4 is 0 Å². The molecule has 2 rings (SSSR count). The van der Waals surface area contributed by atoms with E-state index in [1.165, 1.54) is 0 Å². The van der Waals surface area contributed by atoms with Crippen molar-refractivity contribution in [3.63, 3.8) is 0 Å². The number of benzene rings is 1. The van der Waals surface area contributed by atoms with Crippen molar-refractivity contribution in [3.8, 4) is 23.0 Å². The first-order valence-corrected chi connectivity index (χ1v) is 5.54. The Kier molecular flexibility index (Phi) is 3.78. The normalized spacial score (nSPS) is 10.4. The SMILES string of the molecule is COc1cccc(OC)c1-c1nnc(CCN)o1. The molecule has 0 amide bonds. The monoisotopic (exact) mass is 249 g/mol. The van der Waals surface area contributed by atoms with Gasteiger partial charge in [-0.15, -0.1) is 10.2 Å². The van der Waals surface area contributed by atoms with Gasteiger partial charge >= 0.3 is 0 Å². The summed E-state index contributed by atoms with van der Waals surface area (Å²) in [6.07, 6.45) is 0.546. The molecule has 1 aromatic heterocycles. The van der Waals surface area contributed by atoms with Gasteiger partial charge in [0.25, 0.3) is 5.89 Å². The second-order valence-electron chi connectivity index (χ2n) is 3.58. The molecule has 0 radical (unpaired) electrons. The van der Waals surface area contributed by atoms with E-state index in [1.807, 2.05) is 18.2 Å². The molecule has 0 atom stereocenters. The van der Waals surface area contributed by atoms with Crippen LogP contribution in [-0.2, 0) is 6.42 Å². The van der Waals surface area contributed by atoms with Gasteiger partial charge in [-0.05, 0) is 12.1 Å². The number of ether oxygens (including phenoxy) is 2. The zero-order valence-corrected chi connectivity index (χ0v) is 10.3. The van der Waals surface area contributed by atoms with Gasteiger partial charge in [-0.2, -0.15) is 0 Å². The van der Waals surface area contributed by atoms with Crippen molar-refractivity contribution in [3.05, 3.63) is 24.1 Å². The molecule has 0 saturated carbocycles. The van der Waals surface area contributed by atoms with E-state index in [4.69, 9.17) is 19.6 Å². The predicted molar refractivity (Wildman–Crippen MR) is 65.6 cm³/mol. The third-order valence-corrected chi connectivity index (χ3v) is 2.47. The lowest BCUT2D eigenvalue weighted by Gasteiger charge is -2.09. The van der Waals surface area contributed by atoms with Crippen LogP contribution >= 0.6 is 0 Å². The lowest BCUT2D eigenvalue weighted by Crippen LogP contribution is -2.02. The lowest BCUT2D eigenvalue weighted by atomic mass is 10.2. The third kappa shape index (κ3) is 2.28. The van der Waals surface area contributed by atoms with E-state index in [0.717, 1.165) is 0 Å². The molecule has 96 valence electrons. The van der Waals surface area contributed by atoms with E-state index < -0.39 is 0 Å². The third-order valence-electron chi connectivity index (χ3n) is 2.47. The first kappa shape index (κ1) is 12.4. The van der Waals surface area contributed by atoms with E-state index in [0.29, 0.717) is 41.8 Å². The van der Waals surface area contributed by atoms with Crippen LogP contribution in [0.4, 0.5) is 0 Å². The van der Waals surface area contributed by atoms with E-state index >= 15 is 0 Å². The van der Waals surface area contributed by atoms with E-state index in [2.05, 4.69) is 10.2 Å². The predicted octanol–water partition coefficient (Wildman–Crippen LogP) is 1.25. The van der Waals surface area contributed by atoms with E-state index in [1.54, 1.807) is 14.2 Å². The molecule has 6 nitrogen and oxygen atoms in total. The number of hydrogen-bond donors (Lipinski definition) is 1. The van der Waals surface area contributed by atoms with Crippen LogP contribution in [0.15, 0.2) is 22.6 Å². The van der Waals surface area contributed by atoms with Crippen molar-refractivity contribution in [2.75, 3.05) is 20.8 Å². The van der Waals surface area contributed by atoms with Gasteiger partial charge in [0.05, 0.1) is 14.2 Å². The van der Waals surface area contributed by atoms with Gasteiger partial charge in [0, 0.05) is 13.0 Å². The number of nitrogens with two attached hydrogens (primary N) is 1. The topological polar surface area (TPSA) is 83.4 Å². The van der Waals surface area contributed by atoms with Crippen LogP contribution in [0.25, 0.3) is 11.5 Å². The highest BCUT2D eigenvalue weighted by Gasteiger charge is 2.18. The van der Waals surface area contributed by atoms with Gasteiger partial charge < -0.3 is 19.6 Å². The molecule has 18 heavy (non-hydrogen) atoms. The fourth-order valence-electron chi connectivity index (χ4n) is 1.64. The smallest absolute Gasteiger partial charge is 0.255 e. The summed E-state index contributed by atoms with van der Waals surface area (Å²) in [5, 5.41) is 7.92. The van der Waals surface area contributed by atoms with Crippen LogP contribution in [0.5, 0.6) is 11.5 Å². The summed E-state index contributed by atoms with van der Waals surface area (Å²) in [5.74, 6) is 2.11. The number of aromatic nitrogens is 2. The Bertz CT molecular complexity index is 503. The molecule has 0 spiro atoms. The Hall–Kier alpha value is -2.08. The van der Waals surface area contributed by atoms with Crippen LogP contribution < -0.4 is 15.2 Å². The highest BCUT2D eigenvalue weighted by molar-refractivity contribution is 5.70. The molecular formula is C12H15N3O3. The molecule has 0 saturated heterocycles. The van der Waals surface area contributed by atoms with Gasteiger partial charge in [0.2, 0.25) is 5.89 Å². The molecule has 1 heterocycles. The standard InChI is InChI=1S/C12H15N3O3/c1-16-8-4-3-5-9(17-2)11(8)12-15-14-10(18-12)6-7-13/h3-5H,6-7,13H2,1-2H3. The molecule has 6 heteroatoms. The van der Waals surface area contributed by atoms with Gasteiger partial charge in [0.1, 0.15) is 17.1 Å². The zero-order chi connectivity index (χ0) is 13.0. The molecular weight excluding hydrogens is 234 g/mol. The van der Waals surface area contributed by atoms with Crippen molar-refractivity contribution in [2.24, 2.45) is 5.73 Å². The first-order valence-electron chi connectivity index (χ1n) is 5.54. The van der Waals surface area contributed by atoms with Crippen molar-refractivity contribution in [1.82, 2.24) is 10.2 Å². The maximum Gasteiger partial charge on any atom is 0.255 e. The van der Waals surface area contributed by atoms with Crippen LogP contribution in [0.2, 0.25) is 0 Å². The van der Waals surface area contributed by atoms with Crippen LogP contribution in [0, 0.1) is 0 Å². The molecule has 1 aromatic carbocycles. The number of rotatable bonds is 5. The lowest BCUT2D eigenvalue weighted by molar-refractivity contribution is 0.393. The Balaban J connectivity index is 2.47. The van der Waals surface area contributed by atoms with E-state index in [-0.39, 0.29) is 0 Å². The number of nitrogens with zero attached hydrogens (tertiary/aromatic N) is 2. The molecule has 2 N–H and O–H groups in total. The van der Waals surface area contributed by atoms with Gasteiger partial charge in [-0.25, -0.2) is 0 Å². The van der Waals surface area contributed by atoms with E-state index in [9.17, 15) is 0 Å². The average Bonchev–Trinajstić information content (AvgIpc) is 2.86. The Morgan fingerprint density at radius 2 is 1.83 bits per heavy atom. The minimum Gasteiger partial charge on any atom is -0.496 e. The van der Waals surface area contributed by atoms with Crippen LogP contribution in [0.3, 0.4) is 0 Å². The maximum atomic E-state index is 5.53. The summed E-state index contributed by atoms with van der Waals surface area (Å²) in [4.78, 5) is 0. The summed E-state index contributed by atoms with van der Waals surface area (Å²) in [7, 11) is 3.16. The molecule has 0 fully saturated rings. The molecule has 0 aliphatic heterocycles. The van der Waals surface area contributed by atoms with Gasteiger partial charge in [0.15, 0.2) is 0 Å². The number of hydrogen-bond acceptors (Lipinski definition) is 6. The molecule has 2 aromatic rings. The van der Waals surface area contributed by atoms with Crippen molar-refractivity contribution in [1.29, 1.82) is 0 Å². The average molecular weight is 249 g/mol. The van der Waals surface area contributed by atoms with Gasteiger partial charge in [-0.1, -0.05) is 6.07 Å². The molecule has 0 unspecified atom stereocenters. The second-order valence-corrected chi connectivity index (χ2v) is 3.58.